The van der Waals surface area contributed by atoms with Crippen LogP contribution in [-0.4, -0.2) is 11.5 Å². The number of hydrogen-bond acceptors (Lipinski definition) is 2. The Hall–Kier alpha value is 0.700. The molecular formula is C15H32S2. The van der Waals surface area contributed by atoms with Crippen molar-refractivity contribution >= 4 is 21.6 Å². The Balaban J connectivity index is 2.85. The van der Waals surface area contributed by atoms with Gasteiger partial charge in [0.15, 0.2) is 0 Å². The van der Waals surface area contributed by atoms with E-state index in [0.29, 0.717) is 0 Å². The summed E-state index contributed by atoms with van der Waals surface area (Å²) >= 11 is 0. The highest BCUT2D eigenvalue weighted by atomic mass is 33.1. The van der Waals surface area contributed by atoms with Crippen LogP contribution in [0.15, 0.2) is 0 Å². The molecule has 0 amide bonds. The van der Waals surface area contributed by atoms with Gasteiger partial charge in [0.05, 0.1) is 0 Å². The lowest BCUT2D eigenvalue weighted by molar-refractivity contribution is 0.563. The molecule has 2 heteroatoms. The van der Waals surface area contributed by atoms with Crippen LogP contribution in [0.3, 0.4) is 0 Å². The van der Waals surface area contributed by atoms with Crippen LogP contribution in [0.2, 0.25) is 0 Å². The zero-order chi connectivity index (χ0) is 12.6. The molecule has 0 radical (unpaired) electrons. The number of hydrogen-bond donors (Lipinski definition) is 0. The maximum Gasteiger partial charge on any atom is 0.00369 e. The van der Waals surface area contributed by atoms with E-state index in [9.17, 15) is 0 Å². The fourth-order valence-corrected chi connectivity index (χ4v) is 4.13. The van der Waals surface area contributed by atoms with Crippen LogP contribution in [0.5, 0.6) is 0 Å². The second-order valence-electron chi connectivity index (χ2n) is 4.83. The Morgan fingerprint density at radius 1 is 0.471 bits per heavy atom. The molecule has 0 fully saturated rings. The van der Waals surface area contributed by atoms with Crippen molar-refractivity contribution in [2.24, 2.45) is 0 Å². The van der Waals surface area contributed by atoms with Gasteiger partial charge in [-0.05, 0) is 12.8 Å². The summed E-state index contributed by atoms with van der Waals surface area (Å²) in [6.45, 7) is 4.55. The predicted molar refractivity (Wildman–Crippen MR) is 87.1 cm³/mol. The zero-order valence-corrected chi connectivity index (χ0v) is 13.6. The molecule has 0 aromatic rings. The summed E-state index contributed by atoms with van der Waals surface area (Å²) in [6.07, 6.45) is 15.8. The monoisotopic (exact) mass is 276 g/mol. The molecule has 0 aromatic heterocycles. The van der Waals surface area contributed by atoms with E-state index < -0.39 is 0 Å². The first-order valence-corrected chi connectivity index (χ1v) is 10.1. The standard InChI is InChI=1S/C15H32S2/c1-3-5-6-7-8-9-10-11-12-13-15-17-16-14-4-2/h3-15H2,1-2H3. The third-order valence-electron chi connectivity index (χ3n) is 2.95. The minimum atomic E-state index is 1.32. The molecule has 0 saturated carbocycles. The van der Waals surface area contributed by atoms with Gasteiger partial charge in [-0.2, -0.15) is 0 Å². The second kappa shape index (κ2) is 16.7. The van der Waals surface area contributed by atoms with Crippen molar-refractivity contribution in [2.75, 3.05) is 11.5 Å². The number of unbranched alkanes of at least 4 members (excludes halogenated alkanes) is 9. The highest BCUT2D eigenvalue weighted by Crippen LogP contribution is 2.23. The smallest absolute Gasteiger partial charge is 0.00369 e. The van der Waals surface area contributed by atoms with E-state index in [1.807, 2.05) is 10.8 Å². The Labute approximate surface area is 117 Å². The Bertz CT molecular complexity index is 112. The lowest BCUT2D eigenvalue weighted by Gasteiger charge is -2.02. The lowest BCUT2D eigenvalue weighted by Crippen LogP contribution is -1.83. The lowest BCUT2D eigenvalue weighted by atomic mass is 10.1. The Morgan fingerprint density at radius 3 is 1.47 bits per heavy atom. The van der Waals surface area contributed by atoms with Crippen molar-refractivity contribution < 1.29 is 0 Å². The van der Waals surface area contributed by atoms with E-state index in [1.54, 1.807) is 0 Å². The highest BCUT2D eigenvalue weighted by molar-refractivity contribution is 8.76. The summed E-state index contributed by atoms with van der Waals surface area (Å²) in [5.41, 5.74) is 0. The molecule has 0 bridgehead atoms. The molecule has 0 nitrogen and oxygen atoms in total. The first kappa shape index (κ1) is 17.7. The fraction of sp³-hybridized carbons (Fsp3) is 1.00. The average molecular weight is 277 g/mol. The second-order valence-corrected chi connectivity index (χ2v) is 7.53. The summed E-state index contributed by atoms with van der Waals surface area (Å²) in [5, 5.41) is 0. The van der Waals surface area contributed by atoms with Crippen molar-refractivity contribution in [2.45, 2.75) is 84.5 Å². The van der Waals surface area contributed by atoms with E-state index in [0.717, 1.165) is 0 Å². The third-order valence-corrected chi connectivity index (χ3v) is 5.65. The summed E-state index contributed by atoms with van der Waals surface area (Å²) in [7, 11) is 4.12. The minimum Gasteiger partial charge on any atom is -0.0942 e. The summed E-state index contributed by atoms with van der Waals surface area (Å²) < 4.78 is 0. The summed E-state index contributed by atoms with van der Waals surface area (Å²) in [5.74, 6) is 2.68. The molecule has 0 aliphatic carbocycles. The van der Waals surface area contributed by atoms with Gasteiger partial charge in [0.25, 0.3) is 0 Å². The van der Waals surface area contributed by atoms with Crippen LogP contribution in [0.4, 0.5) is 0 Å². The van der Waals surface area contributed by atoms with Gasteiger partial charge in [-0.3, -0.25) is 0 Å². The van der Waals surface area contributed by atoms with Crippen molar-refractivity contribution in [1.29, 1.82) is 0 Å². The maximum absolute atomic E-state index is 2.29. The van der Waals surface area contributed by atoms with Gasteiger partial charge in [-0.1, -0.05) is 93.2 Å². The molecule has 0 heterocycles. The summed E-state index contributed by atoms with van der Waals surface area (Å²) in [6, 6.07) is 0. The molecule has 0 aliphatic heterocycles. The van der Waals surface area contributed by atoms with Crippen molar-refractivity contribution in [3.8, 4) is 0 Å². The van der Waals surface area contributed by atoms with Crippen molar-refractivity contribution in [3.63, 3.8) is 0 Å². The maximum atomic E-state index is 2.29. The van der Waals surface area contributed by atoms with Gasteiger partial charge in [0.2, 0.25) is 0 Å². The van der Waals surface area contributed by atoms with Crippen LogP contribution in [0.1, 0.15) is 84.5 Å². The molecule has 0 rings (SSSR count). The van der Waals surface area contributed by atoms with Gasteiger partial charge < -0.3 is 0 Å². The van der Waals surface area contributed by atoms with Crippen LogP contribution >= 0.6 is 21.6 Å². The van der Waals surface area contributed by atoms with Gasteiger partial charge in [-0.25, -0.2) is 0 Å². The minimum absolute atomic E-state index is 1.32. The van der Waals surface area contributed by atoms with E-state index >= 15 is 0 Å². The first-order chi connectivity index (χ1) is 8.41. The molecule has 0 saturated heterocycles. The molecule has 0 aliphatic rings. The normalized spacial score (nSPS) is 10.9. The molecule has 17 heavy (non-hydrogen) atoms. The quantitative estimate of drug-likeness (QED) is 0.256. The van der Waals surface area contributed by atoms with Gasteiger partial charge in [0.1, 0.15) is 0 Å². The topological polar surface area (TPSA) is 0 Å². The van der Waals surface area contributed by atoms with Crippen LogP contribution < -0.4 is 0 Å². The molecule has 0 aromatic carbocycles. The van der Waals surface area contributed by atoms with Crippen molar-refractivity contribution in [3.05, 3.63) is 0 Å². The summed E-state index contributed by atoms with van der Waals surface area (Å²) in [4.78, 5) is 0. The Morgan fingerprint density at radius 2 is 0.941 bits per heavy atom. The largest absolute Gasteiger partial charge is 0.0942 e. The molecule has 0 spiro atoms. The van der Waals surface area contributed by atoms with Crippen molar-refractivity contribution in [1.82, 2.24) is 0 Å². The van der Waals surface area contributed by atoms with Gasteiger partial charge >= 0.3 is 0 Å². The van der Waals surface area contributed by atoms with E-state index in [4.69, 9.17) is 0 Å². The van der Waals surface area contributed by atoms with Gasteiger partial charge in [-0.15, -0.1) is 0 Å². The molecule has 0 atom stereocenters. The van der Waals surface area contributed by atoms with Crippen LogP contribution in [0, 0.1) is 0 Å². The average Bonchev–Trinajstić information content (AvgIpc) is 2.35. The van der Waals surface area contributed by atoms with E-state index in [2.05, 4.69) is 24.6 Å². The fourth-order valence-electron chi connectivity index (χ4n) is 1.85. The Kier molecular flexibility index (Phi) is 17.4. The van der Waals surface area contributed by atoms with Crippen LogP contribution in [0.25, 0.3) is 0 Å². The van der Waals surface area contributed by atoms with E-state index in [-0.39, 0.29) is 0 Å². The third kappa shape index (κ3) is 16.7. The zero-order valence-electron chi connectivity index (χ0n) is 12.0. The molecule has 0 N–H and O–H groups in total. The molecule has 0 unspecified atom stereocenters. The number of rotatable bonds is 14. The van der Waals surface area contributed by atoms with Crippen LogP contribution in [-0.2, 0) is 0 Å². The van der Waals surface area contributed by atoms with Gasteiger partial charge in [0, 0.05) is 11.5 Å². The predicted octanol–water partition coefficient (Wildman–Crippen LogP) is 6.70. The van der Waals surface area contributed by atoms with E-state index in [1.165, 1.54) is 82.1 Å². The first-order valence-electron chi connectivity index (χ1n) is 7.66. The molecular weight excluding hydrogens is 244 g/mol. The SMILES string of the molecule is CCCCCCCCCCCCSSCCC. The molecule has 104 valence electrons. The highest BCUT2D eigenvalue weighted by Gasteiger charge is 1.93.